The van der Waals surface area contributed by atoms with E-state index in [9.17, 15) is 10.2 Å². The van der Waals surface area contributed by atoms with E-state index in [-0.39, 0.29) is 0 Å². The molecule has 0 aliphatic carbocycles. The van der Waals surface area contributed by atoms with Gasteiger partial charge in [-0.2, -0.15) is 0 Å². The third-order valence-corrected chi connectivity index (χ3v) is 2.04. The molecular formula is C6H14N2O6. The minimum atomic E-state index is -2.42. The minimum absolute atomic E-state index is 1.59. The van der Waals surface area contributed by atoms with Crippen molar-refractivity contribution in [1.29, 1.82) is 0 Å². The predicted octanol–water partition coefficient (Wildman–Crippen LogP) is -4.65. The van der Waals surface area contributed by atoms with Crippen molar-refractivity contribution in [3.05, 3.63) is 0 Å². The van der Waals surface area contributed by atoms with E-state index in [0.29, 0.717) is 0 Å². The van der Waals surface area contributed by atoms with Gasteiger partial charge >= 0.3 is 0 Å². The van der Waals surface area contributed by atoms with Crippen LogP contribution in [-0.4, -0.2) is 62.1 Å². The summed E-state index contributed by atoms with van der Waals surface area (Å²) in [5, 5.41) is 45.7. The Morgan fingerprint density at radius 3 is 1.86 bits per heavy atom. The number of rotatable bonds is 1. The Labute approximate surface area is 79.3 Å². The summed E-state index contributed by atoms with van der Waals surface area (Å²) in [4.78, 5) is 0. The van der Waals surface area contributed by atoms with Crippen molar-refractivity contribution in [3.63, 3.8) is 0 Å². The van der Waals surface area contributed by atoms with E-state index in [4.69, 9.17) is 26.8 Å². The lowest BCUT2D eigenvalue weighted by Gasteiger charge is -2.42. The Morgan fingerprint density at radius 2 is 1.43 bits per heavy atom. The molecular weight excluding hydrogens is 196 g/mol. The first kappa shape index (κ1) is 11.8. The first-order chi connectivity index (χ1) is 6.25. The fourth-order valence-corrected chi connectivity index (χ4v) is 1.24. The molecule has 0 spiro atoms. The van der Waals surface area contributed by atoms with Gasteiger partial charge in [-0.1, -0.05) is 0 Å². The number of hydrogen-bond donors (Lipinski definition) is 7. The van der Waals surface area contributed by atoms with E-state index in [1.807, 2.05) is 0 Å². The number of aliphatic hydroxyl groups excluding tert-OH is 4. The number of aliphatic hydroxyl groups is 5. The van der Waals surface area contributed by atoms with Gasteiger partial charge < -0.3 is 30.3 Å². The van der Waals surface area contributed by atoms with Gasteiger partial charge in [0.1, 0.15) is 24.4 Å². The van der Waals surface area contributed by atoms with Gasteiger partial charge in [0.25, 0.3) is 0 Å². The second-order valence-corrected chi connectivity index (χ2v) is 3.31. The normalized spacial score (nSPS) is 45.2. The Kier molecular flexibility index (Phi) is 3.09. The van der Waals surface area contributed by atoms with Crippen molar-refractivity contribution in [2.45, 2.75) is 36.6 Å². The van der Waals surface area contributed by atoms with Crippen molar-refractivity contribution in [2.75, 3.05) is 0 Å². The molecule has 0 bridgehead atoms. The average Bonchev–Trinajstić information content (AvgIpc) is 2.06. The highest BCUT2D eigenvalue weighted by Gasteiger charge is 2.49. The van der Waals surface area contributed by atoms with Crippen LogP contribution in [0.4, 0.5) is 0 Å². The SMILES string of the molecule is NC(N)(O)[C@H]1O[C@H](O)[C@@H](O)[C@H](O)[C@H]1O. The molecule has 1 saturated heterocycles. The third-order valence-electron chi connectivity index (χ3n) is 2.04. The Morgan fingerprint density at radius 1 is 0.929 bits per heavy atom. The van der Waals surface area contributed by atoms with Gasteiger partial charge in [-0.15, -0.1) is 0 Å². The topological polar surface area (TPSA) is 162 Å². The monoisotopic (exact) mass is 210 g/mol. The molecule has 1 heterocycles. The molecule has 8 heteroatoms. The molecule has 1 fully saturated rings. The van der Waals surface area contributed by atoms with Gasteiger partial charge in [-0.05, 0) is 0 Å². The second-order valence-electron chi connectivity index (χ2n) is 3.31. The van der Waals surface area contributed by atoms with Gasteiger partial charge in [0.2, 0.25) is 0 Å². The molecule has 9 N–H and O–H groups in total. The predicted molar refractivity (Wildman–Crippen MR) is 42.2 cm³/mol. The van der Waals surface area contributed by atoms with Crippen LogP contribution in [0.3, 0.4) is 0 Å². The van der Waals surface area contributed by atoms with Gasteiger partial charge in [-0.25, -0.2) is 0 Å². The molecule has 84 valence electrons. The van der Waals surface area contributed by atoms with Crippen LogP contribution in [0, 0.1) is 0 Å². The van der Waals surface area contributed by atoms with E-state index in [1.54, 1.807) is 0 Å². The summed E-state index contributed by atoms with van der Waals surface area (Å²) >= 11 is 0. The van der Waals surface area contributed by atoms with Crippen LogP contribution in [-0.2, 0) is 4.74 Å². The van der Waals surface area contributed by atoms with Crippen LogP contribution < -0.4 is 11.5 Å². The lowest BCUT2D eigenvalue weighted by molar-refractivity contribution is -0.311. The van der Waals surface area contributed by atoms with Gasteiger partial charge in [0, 0.05) is 0 Å². The number of ether oxygens (including phenoxy) is 1. The molecule has 1 aliphatic rings. The Balaban J connectivity index is 2.81. The molecule has 14 heavy (non-hydrogen) atoms. The van der Waals surface area contributed by atoms with Crippen molar-refractivity contribution in [3.8, 4) is 0 Å². The molecule has 0 radical (unpaired) electrons. The second kappa shape index (κ2) is 3.68. The Bertz CT molecular complexity index is 207. The molecule has 5 atom stereocenters. The summed E-state index contributed by atoms with van der Waals surface area (Å²) in [6.07, 6.45) is -8.41. The fourth-order valence-electron chi connectivity index (χ4n) is 1.24. The van der Waals surface area contributed by atoms with Crippen LogP contribution in [0.5, 0.6) is 0 Å². The zero-order valence-corrected chi connectivity index (χ0v) is 7.19. The van der Waals surface area contributed by atoms with E-state index in [2.05, 4.69) is 4.74 Å². The number of hydrogen-bond acceptors (Lipinski definition) is 8. The van der Waals surface area contributed by atoms with Crippen LogP contribution in [0.2, 0.25) is 0 Å². The molecule has 0 saturated carbocycles. The van der Waals surface area contributed by atoms with Crippen LogP contribution in [0.15, 0.2) is 0 Å². The van der Waals surface area contributed by atoms with Gasteiger partial charge in [0.05, 0.1) is 0 Å². The first-order valence-electron chi connectivity index (χ1n) is 3.93. The summed E-state index contributed by atoms with van der Waals surface area (Å²) in [5.41, 5.74) is 10.0. The molecule has 0 aromatic rings. The largest absolute Gasteiger partial charge is 0.387 e. The zero-order valence-electron chi connectivity index (χ0n) is 7.19. The standard InChI is InChI=1S/C6H14N2O6/c7-6(8,13)4-2(10)1(9)3(11)5(12)14-4/h1-5,9-13H,7-8H2/t1-,2-,3+,4+,5+/m1/s1. The van der Waals surface area contributed by atoms with E-state index in [1.165, 1.54) is 0 Å². The van der Waals surface area contributed by atoms with E-state index in [0.717, 1.165) is 0 Å². The third kappa shape index (κ3) is 2.02. The van der Waals surface area contributed by atoms with Crippen LogP contribution in [0.1, 0.15) is 0 Å². The maximum absolute atomic E-state index is 9.30. The van der Waals surface area contributed by atoms with Gasteiger partial charge in [-0.3, -0.25) is 11.5 Å². The molecule has 1 rings (SSSR count). The fraction of sp³-hybridized carbons (Fsp3) is 1.00. The Hall–Kier alpha value is -0.320. The quantitative estimate of drug-likeness (QED) is 0.212. The maximum atomic E-state index is 9.30. The molecule has 0 aromatic heterocycles. The smallest absolute Gasteiger partial charge is 0.197 e. The van der Waals surface area contributed by atoms with Crippen molar-refractivity contribution in [2.24, 2.45) is 11.5 Å². The summed E-state index contributed by atoms with van der Waals surface area (Å²) in [5.74, 6) is -2.42. The van der Waals surface area contributed by atoms with Crippen molar-refractivity contribution < 1.29 is 30.3 Å². The first-order valence-corrected chi connectivity index (χ1v) is 3.93. The molecule has 0 aromatic carbocycles. The highest BCUT2D eigenvalue weighted by atomic mass is 16.6. The van der Waals surface area contributed by atoms with E-state index >= 15 is 0 Å². The maximum Gasteiger partial charge on any atom is 0.197 e. The summed E-state index contributed by atoms with van der Waals surface area (Å²) in [7, 11) is 0. The molecule has 0 unspecified atom stereocenters. The zero-order chi connectivity index (χ0) is 11.1. The molecule has 0 amide bonds. The average molecular weight is 210 g/mol. The summed E-state index contributed by atoms with van der Waals surface area (Å²) in [6.45, 7) is 0. The lowest BCUT2D eigenvalue weighted by Crippen LogP contribution is -2.70. The number of nitrogens with two attached hydrogens (primary N) is 2. The van der Waals surface area contributed by atoms with Crippen LogP contribution >= 0.6 is 0 Å². The van der Waals surface area contributed by atoms with Crippen molar-refractivity contribution >= 4 is 0 Å². The van der Waals surface area contributed by atoms with Gasteiger partial charge in [0.15, 0.2) is 12.1 Å². The molecule has 1 aliphatic heterocycles. The summed E-state index contributed by atoms with van der Waals surface area (Å²) < 4.78 is 4.54. The van der Waals surface area contributed by atoms with Crippen LogP contribution in [0.25, 0.3) is 0 Å². The molecule has 8 nitrogen and oxygen atoms in total. The highest BCUT2D eigenvalue weighted by molar-refractivity contribution is 4.94. The van der Waals surface area contributed by atoms with E-state index < -0.39 is 36.6 Å². The highest BCUT2D eigenvalue weighted by Crippen LogP contribution is 2.22. The van der Waals surface area contributed by atoms with Crippen molar-refractivity contribution in [1.82, 2.24) is 0 Å². The minimum Gasteiger partial charge on any atom is -0.387 e. The lowest BCUT2D eigenvalue weighted by atomic mass is 9.96. The summed E-state index contributed by atoms with van der Waals surface area (Å²) in [6, 6.07) is 0.